The molecule has 1 fully saturated rings. The van der Waals surface area contributed by atoms with E-state index in [0.29, 0.717) is 32.5 Å². The van der Waals surface area contributed by atoms with Crippen molar-refractivity contribution in [1.82, 2.24) is 20.0 Å². The number of nitrogens with zero attached hydrogens (tertiary/aromatic N) is 4. The largest absolute Gasteiger partial charge is 0.445 e. The number of alkyl carbamates (subject to hydrolysis) is 1. The van der Waals surface area contributed by atoms with Crippen molar-refractivity contribution < 1.29 is 19.1 Å². The van der Waals surface area contributed by atoms with E-state index in [1.165, 1.54) is 6.08 Å². The van der Waals surface area contributed by atoms with Gasteiger partial charge >= 0.3 is 6.09 Å². The lowest BCUT2D eigenvalue weighted by Gasteiger charge is -2.46. The Bertz CT molecular complexity index is 1090. The van der Waals surface area contributed by atoms with Crippen molar-refractivity contribution >= 4 is 17.9 Å². The summed E-state index contributed by atoms with van der Waals surface area (Å²) >= 11 is 0. The summed E-state index contributed by atoms with van der Waals surface area (Å²) in [6.45, 7) is 10.9. The van der Waals surface area contributed by atoms with Crippen LogP contribution in [-0.2, 0) is 14.3 Å². The molecule has 1 aliphatic rings. The average Bonchev–Trinajstić information content (AvgIpc) is 2.94. The van der Waals surface area contributed by atoms with E-state index < -0.39 is 12.1 Å². The zero-order valence-electron chi connectivity index (χ0n) is 24.2. The van der Waals surface area contributed by atoms with Crippen LogP contribution in [0.3, 0.4) is 0 Å². The summed E-state index contributed by atoms with van der Waals surface area (Å²) in [5, 5.41) is 11.7. The summed E-state index contributed by atoms with van der Waals surface area (Å²) in [4.78, 5) is 44.4. The SMILES string of the molecule is C=CCOC(=O)NCCC[C@H]1C(=O)N(CC(C(/C=C\C)=C/C)c2ccccc2)CC(C)N1C(=O)CN(C)CC#N. The van der Waals surface area contributed by atoms with E-state index in [1.807, 2.05) is 49.9 Å². The second kappa shape index (κ2) is 16.9. The summed E-state index contributed by atoms with van der Waals surface area (Å²) in [6.07, 6.45) is 7.95. The van der Waals surface area contributed by atoms with E-state index in [4.69, 9.17) is 10.00 Å². The molecule has 1 heterocycles. The van der Waals surface area contributed by atoms with Crippen LogP contribution in [0.25, 0.3) is 0 Å². The van der Waals surface area contributed by atoms with Gasteiger partial charge < -0.3 is 19.9 Å². The summed E-state index contributed by atoms with van der Waals surface area (Å²) < 4.78 is 4.95. The van der Waals surface area contributed by atoms with E-state index in [1.54, 1.807) is 16.8 Å². The van der Waals surface area contributed by atoms with Gasteiger partial charge in [-0.25, -0.2) is 4.79 Å². The fraction of sp³-hybridized carbons (Fsp3) is 0.484. The van der Waals surface area contributed by atoms with Gasteiger partial charge in [-0.3, -0.25) is 14.5 Å². The van der Waals surface area contributed by atoms with Gasteiger partial charge in [-0.15, -0.1) is 0 Å². The van der Waals surface area contributed by atoms with Crippen LogP contribution in [0.15, 0.2) is 66.8 Å². The molecule has 9 heteroatoms. The summed E-state index contributed by atoms with van der Waals surface area (Å²) in [7, 11) is 1.71. The quantitative estimate of drug-likeness (QED) is 0.163. The second-order valence-corrected chi connectivity index (χ2v) is 9.95. The molecule has 9 nitrogen and oxygen atoms in total. The van der Waals surface area contributed by atoms with Crippen LogP contribution in [0.1, 0.15) is 45.1 Å². The van der Waals surface area contributed by atoms with Crippen molar-refractivity contribution in [2.45, 2.75) is 51.6 Å². The first-order valence-corrected chi connectivity index (χ1v) is 13.8. The zero-order chi connectivity index (χ0) is 29.5. The Morgan fingerprint density at radius 3 is 2.65 bits per heavy atom. The zero-order valence-corrected chi connectivity index (χ0v) is 24.2. The molecule has 1 aromatic rings. The van der Waals surface area contributed by atoms with Crippen LogP contribution in [0.4, 0.5) is 4.79 Å². The van der Waals surface area contributed by atoms with Crippen molar-refractivity contribution in [3.63, 3.8) is 0 Å². The van der Waals surface area contributed by atoms with Crippen LogP contribution >= 0.6 is 0 Å². The van der Waals surface area contributed by atoms with Crippen LogP contribution in [0.5, 0.6) is 0 Å². The van der Waals surface area contributed by atoms with E-state index in [9.17, 15) is 14.4 Å². The maximum atomic E-state index is 14.0. The molecule has 0 radical (unpaired) electrons. The molecule has 0 aliphatic carbocycles. The first-order chi connectivity index (χ1) is 19.3. The highest BCUT2D eigenvalue weighted by Gasteiger charge is 2.41. The van der Waals surface area contributed by atoms with E-state index in [2.05, 4.69) is 42.2 Å². The lowest BCUT2D eigenvalue weighted by atomic mass is 9.88. The molecular formula is C31H43N5O4. The van der Waals surface area contributed by atoms with Crippen LogP contribution in [0.2, 0.25) is 0 Å². The first kappa shape index (κ1) is 32.3. The Morgan fingerprint density at radius 1 is 1.30 bits per heavy atom. The molecule has 1 N–H and O–H groups in total. The van der Waals surface area contributed by atoms with Gasteiger partial charge in [0.2, 0.25) is 11.8 Å². The third kappa shape index (κ3) is 9.38. The number of hydrogen-bond donors (Lipinski definition) is 1. The third-order valence-electron chi connectivity index (χ3n) is 6.88. The Hall–Kier alpha value is -3.90. The maximum Gasteiger partial charge on any atom is 0.407 e. The van der Waals surface area contributed by atoms with E-state index >= 15 is 0 Å². The minimum atomic E-state index is -0.676. The summed E-state index contributed by atoms with van der Waals surface area (Å²) in [6, 6.07) is 11.3. The predicted molar refractivity (Wildman–Crippen MR) is 156 cm³/mol. The molecule has 0 aromatic heterocycles. The number of nitriles is 1. The molecule has 3 atom stereocenters. The smallest absolute Gasteiger partial charge is 0.407 e. The standard InChI is InChI=1S/C31H43N5O4/c1-6-13-25(8-3)27(26-14-10-9-11-15-26)22-35-21-24(4)36(29(37)23-34(5)19-17-32)28(30(35)38)16-12-18-33-31(39)40-20-7-2/h6-11,13-15,24,27-28H,2,12,16,18-23H2,1,3-5H3,(H,33,39)/b13-6-,25-8+/t24?,27?,28-/m0/s1. The van der Waals surface area contributed by atoms with Crippen LogP contribution < -0.4 is 5.32 Å². The van der Waals surface area contributed by atoms with Gasteiger partial charge in [0.1, 0.15) is 12.6 Å². The van der Waals surface area contributed by atoms with Crippen LogP contribution in [-0.4, -0.2) is 91.1 Å². The molecule has 2 rings (SSSR count). The number of benzene rings is 1. The number of carbonyl (C=O) groups is 3. The number of ether oxygens (including phenoxy) is 1. The molecule has 1 saturated heterocycles. The van der Waals surface area contributed by atoms with Gasteiger partial charge in [-0.05, 0) is 51.8 Å². The number of likely N-dealkylation sites (N-methyl/N-ethyl adjacent to an activating group) is 1. The number of hydrogen-bond acceptors (Lipinski definition) is 6. The van der Waals surface area contributed by atoms with E-state index in [-0.39, 0.29) is 43.5 Å². The molecule has 40 heavy (non-hydrogen) atoms. The van der Waals surface area contributed by atoms with Crippen molar-refractivity contribution in [3.05, 3.63) is 72.4 Å². The van der Waals surface area contributed by atoms with Crippen LogP contribution in [0, 0.1) is 11.3 Å². The molecule has 1 aliphatic heterocycles. The minimum absolute atomic E-state index is 0.0236. The fourth-order valence-corrected chi connectivity index (χ4v) is 5.06. The normalized spacial score (nSPS) is 18.5. The Balaban J connectivity index is 2.29. The fourth-order valence-electron chi connectivity index (χ4n) is 5.06. The molecule has 1 aromatic carbocycles. The summed E-state index contributed by atoms with van der Waals surface area (Å²) in [5.41, 5.74) is 2.23. The molecule has 0 bridgehead atoms. The lowest BCUT2D eigenvalue weighted by Crippen LogP contribution is -2.64. The monoisotopic (exact) mass is 549 g/mol. The Labute approximate surface area is 238 Å². The lowest BCUT2D eigenvalue weighted by molar-refractivity contribution is -0.156. The highest BCUT2D eigenvalue weighted by molar-refractivity contribution is 5.90. The van der Waals surface area contributed by atoms with Gasteiger partial charge in [0.15, 0.2) is 0 Å². The van der Waals surface area contributed by atoms with Crippen molar-refractivity contribution in [2.24, 2.45) is 0 Å². The molecule has 216 valence electrons. The number of piperazine rings is 1. The first-order valence-electron chi connectivity index (χ1n) is 13.8. The van der Waals surface area contributed by atoms with E-state index in [0.717, 1.165) is 11.1 Å². The molecule has 2 unspecified atom stereocenters. The highest BCUT2D eigenvalue weighted by atomic mass is 16.5. The third-order valence-corrected chi connectivity index (χ3v) is 6.88. The topological polar surface area (TPSA) is 106 Å². The Morgan fingerprint density at radius 2 is 2.02 bits per heavy atom. The van der Waals surface area contributed by atoms with Gasteiger partial charge in [-0.1, -0.05) is 61.2 Å². The predicted octanol–water partition coefficient (Wildman–Crippen LogP) is 3.87. The number of rotatable bonds is 14. The Kier molecular flexibility index (Phi) is 13.7. The number of carbonyl (C=O) groups excluding carboxylic acids is 3. The minimum Gasteiger partial charge on any atom is -0.445 e. The second-order valence-electron chi connectivity index (χ2n) is 9.95. The maximum absolute atomic E-state index is 14.0. The van der Waals surface area contributed by atoms with Gasteiger partial charge in [0.05, 0.1) is 19.2 Å². The molecule has 0 saturated carbocycles. The number of amides is 3. The highest BCUT2D eigenvalue weighted by Crippen LogP contribution is 2.30. The van der Waals surface area contributed by atoms with Gasteiger partial charge in [0.25, 0.3) is 0 Å². The van der Waals surface area contributed by atoms with Crippen molar-refractivity contribution in [2.75, 3.05) is 46.4 Å². The van der Waals surface area contributed by atoms with Gasteiger partial charge in [0, 0.05) is 31.6 Å². The molecule has 3 amide bonds. The number of nitrogens with one attached hydrogen (secondary N) is 1. The average molecular weight is 550 g/mol. The number of allylic oxidation sites excluding steroid dienone is 3. The van der Waals surface area contributed by atoms with Crippen molar-refractivity contribution in [3.8, 4) is 6.07 Å². The van der Waals surface area contributed by atoms with Crippen molar-refractivity contribution in [1.29, 1.82) is 5.26 Å². The molecular weight excluding hydrogens is 506 g/mol. The van der Waals surface area contributed by atoms with Gasteiger partial charge in [-0.2, -0.15) is 5.26 Å². The summed E-state index contributed by atoms with van der Waals surface area (Å²) in [5.74, 6) is -0.325. The molecule has 0 spiro atoms.